The van der Waals surface area contributed by atoms with Crippen LogP contribution in [0.15, 0.2) is 18.2 Å². The zero-order chi connectivity index (χ0) is 14.7. The molecule has 4 heteroatoms. The van der Waals surface area contributed by atoms with Gasteiger partial charge >= 0.3 is 0 Å². The smallest absolute Gasteiger partial charge is 0.111 e. The Kier molecular flexibility index (Phi) is 5.06. The summed E-state index contributed by atoms with van der Waals surface area (Å²) >= 11 is 5.94. The maximum atomic E-state index is 5.94. The quantitative estimate of drug-likeness (QED) is 0.758. The van der Waals surface area contributed by atoms with Crippen LogP contribution in [0.4, 0.5) is 0 Å². The maximum absolute atomic E-state index is 5.94. The van der Waals surface area contributed by atoms with E-state index in [1.807, 2.05) is 0 Å². The zero-order valence-corrected chi connectivity index (χ0v) is 13.6. The average Bonchev–Trinajstić information content (AvgIpc) is 2.73. The molecule has 1 unspecified atom stereocenters. The van der Waals surface area contributed by atoms with Crippen LogP contribution in [0, 0.1) is 6.92 Å². The number of alkyl halides is 1. The lowest BCUT2D eigenvalue weighted by molar-refractivity contribution is 0.357. The number of imidazole rings is 1. The van der Waals surface area contributed by atoms with Crippen molar-refractivity contribution in [3.8, 4) is 0 Å². The van der Waals surface area contributed by atoms with Gasteiger partial charge in [-0.05, 0) is 58.6 Å². The monoisotopic (exact) mass is 293 g/mol. The van der Waals surface area contributed by atoms with E-state index in [0.29, 0.717) is 11.9 Å². The Bertz CT molecular complexity index is 574. The van der Waals surface area contributed by atoms with Gasteiger partial charge in [0.2, 0.25) is 0 Å². The van der Waals surface area contributed by atoms with E-state index in [-0.39, 0.29) is 0 Å². The number of rotatable bonds is 6. The van der Waals surface area contributed by atoms with E-state index in [9.17, 15) is 0 Å². The van der Waals surface area contributed by atoms with Crippen LogP contribution in [0.2, 0.25) is 0 Å². The summed E-state index contributed by atoms with van der Waals surface area (Å²) in [7, 11) is 4.23. The van der Waals surface area contributed by atoms with Gasteiger partial charge in [0, 0.05) is 18.3 Å². The fourth-order valence-electron chi connectivity index (χ4n) is 2.59. The molecule has 3 nitrogen and oxygen atoms in total. The molecule has 0 saturated heterocycles. The van der Waals surface area contributed by atoms with Gasteiger partial charge in [0.25, 0.3) is 0 Å². The molecule has 0 spiro atoms. The highest BCUT2D eigenvalue weighted by molar-refractivity contribution is 6.17. The molecule has 0 aliphatic carbocycles. The highest BCUT2D eigenvalue weighted by Crippen LogP contribution is 2.24. The van der Waals surface area contributed by atoms with Gasteiger partial charge in [-0.2, -0.15) is 0 Å². The Balaban J connectivity index is 2.39. The third kappa shape index (κ3) is 3.33. The standard InChI is InChI=1S/C16H24ClN3/c1-12-5-6-15-14(11-12)18-16(7-9-17)20(15)13(2)8-10-19(3)4/h5-6,11,13H,7-10H2,1-4H3. The Morgan fingerprint density at radius 3 is 2.75 bits per heavy atom. The van der Waals surface area contributed by atoms with Gasteiger partial charge in [-0.3, -0.25) is 0 Å². The van der Waals surface area contributed by atoms with Crippen LogP contribution in [0.25, 0.3) is 11.0 Å². The molecule has 20 heavy (non-hydrogen) atoms. The molecule has 1 aromatic heterocycles. The molecule has 1 atom stereocenters. The van der Waals surface area contributed by atoms with E-state index in [2.05, 4.69) is 55.6 Å². The van der Waals surface area contributed by atoms with Crippen molar-refractivity contribution in [1.29, 1.82) is 0 Å². The second-order valence-corrected chi connectivity index (χ2v) is 6.15. The number of fused-ring (bicyclic) bond motifs is 1. The fraction of sp³-hybridized carbons (Fsp3) is 0.562. The molecular weight excluding hydrogens is 270 g/mol. The first-order chi connectivity index (χ1) is 9.52. The van der Waals surface area contributed by atoms with Crippen LogP contribution < -0.4 is 0 Å². The predicted octanol–water partition coefficient (Wildman–Crippen LogP) is 3.64. The lowest BCUT2D eigenvalue weighted by atomic mass is 10.2. The molecule has 1 aromatic carbocycles. The number of aromatic nitrogens is 2. The zero-order valence-electron chi connectivity index (χ0n) is 12.9. The second kappa shape index (κ2) is 6.59. The molecule has 0 fully saturated rings. The van der Waals surface area contributed by atoms with Crippen molar-refractivity contribution in [2.45, 2.75) is 32.7 Å². The molecule has 0 bridgehead atoms. The second-order valence-electron chi connectivity index (χ2n) is 5.77. The van der Waals surface area contributed by atoms with E-state index in [4.69, 9.17) is 16.6 Å². The number of hydrogen-bond acceptors (Lipinski definition) is 2. The SMILES string of the molecule is Cc1ccc2c(c1)nc(CCCl)n2C(C)CCN(C)C. The first-order valence-corrected chi connectivity index (χ1v) is 7.74. The summed E-state index contributed by atoms with van der Waals surface area (Å²) in [5.74, 6) is 1.72. The number of halogens is 1. The summed E-state index contributed by atoms with van der Waals surface area (Å²) in [6, 6.07) is 6.93. The number of nitrogens with zero attached hydrogens (tertiary/aromatic N) is 3. The van der Waals surface area contributed by atoms with Crippen LogP contribution in [0.5, 0.6) is 0 Å². The van der Waals surface area contributed by atoms with E-state index in [1.54, 1.807) is 0 Å². The molecule has 0 radical (unpaired) electrons. The van der Waals surface area contributed by atoms with Crippen LogP contribution >= 0.6 is 11.6 Å². The predicted molar refractivity (Wildman–Crippen MR) is 86.8 cm³/mol. The first-order valence-electron chi connectivity index (χ1n) is 7.21. The van der Waals surface area contributed by atoms with Crippen molar-refractivity contribution in [3.63, 3.8) is 0 Å². The summed E-state index contributed by atoms with van der Waals surface area (Å²) in [5, 5.41) is 0. The Morgan fingerprint density at radius 1 is 1.35 bits per heavy atom. The molecule has 2 aromatic rings. The van der Waals surface area contributed by atoms with Gasteiger partial charge in [-0.25, -0.2) is 4.98 Å². The summed E-state index contributed by atoms with van der Waals surface area (Å²) in [6.07, 6.45) is 1.93. The average molecular weight is 294 g/mol. The van der Waals surface area contributed by atoms with Gasteiger partial charge in [-0.1, -0.05) is 6.07 Å². The lowest BCUT2D eigenvalue weighted by Crippen LogP contribution is -2.18. The minimum Gasteiger partial charge on any atom is -0.325 e. The van der Waals surface area contributed by atoms with Gasteiger partial charge in [0.05, 0.1) is 11.0 Å². The summed E-state index contributed by atoms with van der Waals surface area (Å²) < 4.78 is 2.36. The number of benzene rings is 1. The summed E-state index contributed by atoms with van der Waals surface area (Å²) in [5.41, 5.74) is 3.56. The third-order valence-corrected chi connectivity index (χ3v) is 3.86. The minimum atomic E-state index is 0.434. The molecule has 0 aliphatic rings. The van der Waals surface area contributed by atoms with Crippen LogP contribution in [0.1, 0.15) is 30.8 Å². The van der Waals surface area contributed by atoms with Crippen molar-refractivity contribution >= 4 is 22.6 Å². The minimum absolute atomic E-state index is 0.434. The molecule has 110 valence electrons. The van der Waals surface area contributed by atoms with E-state index in [0.717, 1.165) is 30.7 Å². The van der Waals surface area contributed by atoms with Crippen molar-refractivity contribution < 1.29 is 0 Å². The molecule has 0 aliphatic heterocycles. The topological polar surface area (TPSA) is 21.1 Å². The van der Waals surface area contributed by atoms with Crippen molar-refractivity contribution in [2.24, 2.45) is 0 Å². The molecule has 0 amide bonds. The highest BCUT2D eigenvalue weighted by Gasteiger charge is 2.15. The highest BCUT2D eigenvalue weighted by atomic mass is 35.5. The van der Waals surface area contributed by atoms with Crippen molar-refractivity contribution in [2.75, 3.05) is 26.5 Å². The van der Waals surface area contributed by atoms with E-state index in [1.165, 1.54) is 11.1 Å². The molecular formula is C16H24ClN3. The van der Waals surface area contributed by atoms with E-state index >= 15 is 0 Å². The molecule has 1 heterocycles. The van der Waals surface area contributed by atoms with Crippen molar-refractivity contribution in [1.82, 2.24) is 14.5 Å². The number of aryl methyl sites for hydroxylation is 2. The normalized spacial score (nSPS) is 13.3. The third-order valence-electron chi connectivity index (χ3n) is 3.67. The van der Waals surface area contributed by atoms with Gasteiger partial charge in [0.15, 0.2) is 0 Å². The van der Waals surface area contributed by atoms with Gasteiger partial charge < -0.3 is 9.47 Å². The number of hydrogen-bond donors (Lipinski definition) is 0. The van der Waals surface area contributed by atoms with E-state index < -0.39 is 0 Å². The first kappa shape index (κ1) is 15.3. The maximum Gasteiger partial charge on any atom is 0.111 e. The van der Waals surface area contributed by atoms with Crippen LogP contribution in [0.3, 0.4) is 0 Å². The van der Waals surface area contributed by atoms with Crippen LogP contribution in [-0.4, -0.2) is 41.0 Å². The lowest BCUT2D eigenvalue weighted by Gasteiger charge is -2.19. The summed E-state index contributed by atoms with van der Waals surface area (Å²) in [6.45, 7) is 5.45. The van der Waals surface area contributed by atoms with Gasteiger partial charge in [-0.15, -0.1) is 11.6 Å². The summed E-state index contributed by atoms with van der Waals surface area (Å²) in [4.78, 5) is 7.00. The Morgan fingerprint density at radius 2 is 2.10 bits per heavy atom. The van der Waals surface area contributed by atoms with Crippen LogP contribution in [-0.2, 0) is 6.42 Å². The van der Waals surface area contributed by atoms with Crippen molar-refractivity contribution in [3.05, 3.63) is 29.6 Å². The Hall–Kier alpha value is -1.06. The molecule has 2 rings (SSSR count). The molecule has 0 N–H and O–H groups in total. The fourth-order valence-corrected chi connectivity index (χ4v) is 2.75. The molecule has 0 saturated carbocycles. The largest absolute Gasteiger partial charge is 0.325 e. The van der Waals surface area contributed by atoms with Gasteiger partial charge in [0.1, 0.15) is 5.82 Å². The Labute approximate surface area is 126 Å².